The fraction of sp³-hybridized carbons (Fsp3) is 0.409. The van der Waals surface area contributed by atoms with Crippen LogP contribution in [0.25, 0.3) is 0 Å². The van der Waals surface area contributed by atoms with Crippen molar-refractivity contribution in [1.29, 1.82) is 0 Å². The summed E-state index contributed by atoms with van der Waals surface area (Å²) in [5, 5.41) is 0.916. The van der Waals surface area contributed by atoms with Gasteiger partial charge in [-0.05, 0) is 62.2 Å². The number of hydrogen-bond acceptors (Lipinski definition) is 1. The maximum absolute atomic E-state index is 5.93. The second kappa shape index (κ2) is 8.19. The van der Waals surface area contributed by atoms with E-state index >= 15 is 0 Å². The van der Waals surface area contributed by atoms with Crippen molar-refractivity contribution in [2.75, 3.05) is 23.1 Å². The van der Waals surface area contributed by atoms with E-state index in [1.165, 1.54) is 49.9 Å². The lowest BCUT2D eigenvalue weighted by atomic mass is 10.1. The van der Waals surface area contributed by atoms with Gasteiger partial charge in [0.1, 0.15) is 0 Å². The molecule has 1 aliphatic heterocycles. The molecule has 0 aromatic heterocycles. The highest BCUT2D eigenvalue weighted by Crippen LogP contribution is 2.22. The van der Waals surface area contributed by atoms with Crippen LogP contribution < -0.4 is 14.7 Å². The van der Waals surface area contributed by atoms with E-state index in [1.54, 1.807) is 4.90 Å². The minimum atomic E-state index is 0.734. The molecule has 0 radical (unpaired) electrons. The average Bonchev–Trinajstić information content (AvgIpc) is 2.99. The summed E-state index contributed by atoms with van der Waals surface area (Å²) in [6.07, 6.45) is 8.21. The first-order chi connectivity index (χ1) is 12.8. The molecule has 136 valence electrons. The summed E-state index contributed by atoms with van der Waals surface area (Å²) in [5.41, 5.74) is 2.40. The maximum Gasteiger partial charge on any atom is 0.189 e. The second-order valence-corrected chi connectivity index (χ2v) is 7.84. The smallest absolute Gasteiger partial charge is 0.189 e. The third kappa shape index (κ3) is 3.76. The van der Waals surface area contributed by atoms with Crippen LogP contribution in [0.1, 0.15) is 38.5 Å². The second-order valence-electron chi connectivity index (χ2n) is 7.47. The van der Waals surface area contributed by atoms with Gasteiger partial charge in [0.05, 0.1) is 6.04 Å². The van der Waals surface area contributed by atoms with E-state index in [1.807, 2.05) is 0 Å². The molecular formula is C22H28N3S+. The Kier molecular flexibility index (Phi) is 5.51. The van der Waals surface area contributed by atoms with Crippen LogP contribution in [0.4, 0.5) is 11.4 Å². The molecule has 0 unspecified atom stereocenters. The van der Waals surface area contributed by atoms with Crippen LogP contribution in [-0.4, -0.2) is 24.5 Å². The molecule has 3 nitrogen and oxygen atoms in total. The van der Waals surface area contributed by atoms with Gasteiger partial charge in [-0.15, -0.1) is 0 Å². The van der Waals surface area contributed by atoms with E-state index in [9.17, 15) is 0 Å². The van der Waals surface area contributed by atoms with Crippen LogP contribution in [0.5, 0.6) is 0 Å². The Morgan fingerprint density at radius 3 is 1.62 bits per heavy atom. The van der Waals surface area contributed by atoms with E-state index in [0.29, 0.717) is 0 Å². The van der Waals surface area contributed by atoms with E-state index in [2.05, 4.69) is 70.5 Å². The van der Waals surface area contributed by atoms with Crippen molar-refractivity contribution in [3.8, 4) is 0 Å². The SMILES string of the molecule is S=C1N(c2ccccc2)C[NH+](C2CCCCCC2)CN1c1ccccc1. The Morgan fingerprint density at radius 2 is 1.15 bits per heavy atom. The zero-order valence-electron chi connectivity index (χ0n) is 15.3. The van der Waals surface area contributed by atoms with Crippen LogP contribution in [0, 0.1) is 0 Å². The molecule has 0 spiro atoms. The predicted molar refractivity (Wildman–Crippen MR) is 113 cm³/mol. The fourth-order valence-corrected chi connectivity index (χ4v) is 4.64. The van der Waals surface area contributed by atoms with Crippen LogP contribution in [0.15, 0.2) is 60.7 Å². The third-order valence-corrected chi connectivity index (χ3v) is 6.19. The monoisotopic (exact) mass is 366 g/mol. The lowest BCUT2D eigenvalue weighted by Crippen LogP contribution is -3.20. The van der Waals surface area contributed by atoms with E-state index < -0.39 is 0 Å². The molecule has 2 aromatic rings. The van der Waals surface area contributed by atoms with Gasteiger partial charge < -0.3 is 0 Å². The molecule has 2 aromatic carbocycles. The van der Waals surface area contributed by atoms with Crippen molar-refractivity contribution in [3.05, 3.63) is 60.7 Å². The van der Waals surface area contributed by atoms with Crippen molar-refractivity contribution in [3.63, 3.8) is 0 Å². The Labute approximate surface area is 162 Å². The highest BCUT2D eigenvalue weighted by atomic mass is 32.1. The zero-order valence-corrected chi connectivity index (χ0v) is 16.1. The highest BCUT2D eigenvalue weighted by Gasteiger charge is 2.36. The Hall–Kier alpha value is -1.91. The van der Waals surface area contributed by atoms with Gasteiger partial charge >= 0.3 is 0 Å². The molecule has 0 amide bonds. The zero-order chi connectivity index (χ0) is 17.8. The summed E-state index contributed by atoms with van der Waals surface area (Å²) in [6.45, 7) is 1.94. The summed E-state index contributed by atoms with van der Waals surface area (Å²) in [4.78, 5) is 6.30. The highest BCUT2D eigenvalue weighted by molar-refractivity contribution is 7.80. The summed E-state index contributed by atoms with van der Waals surface area (Å²) >= 11 is 5.93. The number of benzene rings is 2. The summed E-state index contributed by atoms with van der Waals surface area (Å²) in [7, 11) is 0. The molecule has 1 N–H and O–H groups in total. The van der Waals surface area contributed by atoms with E-state index in [0.717, 1.165) is 24.5 Å². The van der Waals surface area contributed by atoms with Crippen molar-refractivity contribution < 1.29 is 4.90 Å². The Bertz CT molecular complexity index is 659. The van der Waals surface area contributed by atoms with Gasteiger partial charge in [-0.3, -0.25) is 14.7 Å². The minimum Gasteiger partial charge on any atom is -0.298 e. The minimum absolute atomic E-state index is 0.734. The van der Waals surface area contributed by atoms with Crippen molar-refractivity contribution in [2.24, 2.45) is 0 Å². The van der Waals surface area contributed by atoms with Crippen molar-refractivity contribution in [1.82, 2.24) is 0 Å². The van der Waals surface area contributed by atoms with Crippen LogP contribution in [0.3, 0.4) is 0 Å². The first kappa shape index (κ1) is 17.5. The molecular weight excluding hydrogens is 338 g/mol. The molecule has 26 heavy (non-hydrogen) atoms. The molecule has 1 heterocycles. The van der Waals surface area contributed by atoms with Crippen LogP contribution in [0.2, 0.25) is 0 Å². The van der Waals surface area contributed by atoms with Crippen LogP contribution >= 0.6 is 12.2 Å². The fourth-order valence-electron chi connectivity index (χ4n) is 4.30. The summed E-state index contributed by atoms with van der Waals surface area (Å²) in [5.74, 6) is 0. The summed E-state index contributed by atoms with van der Waals surface area (Å²) < 4.78 is 0. The van der Waals surface area contributed by atoms with Gasteiger partial charge in [0.15, 0.2) is 18.4 Å². The first-order valence-corrected chi connectivity index (χ1v) is 10.3. The molecule has 1 saturated carbocycles. The van der Waals surface area contributed by atoms with Gasteiger partial charge in [0, 0.05) is 11.4 Å². The van der Waals surface area contributed by atoms with Gasteiger partial charge in [-0.2, -0.15) is 0 Å². The molecule has 1 saturated heterocycles. The summed E-state index contributed by atoms with van der Waals surface area (Å²) in [6, 6.07) is 22.0. The van der Waals surface area contributed by atoms with Gasteiger partial charge in [0.2, 0.25) is 0 Å². The Morgan fingerprint density at radius 1 is 0.692 bits per heavy atom. The number of thiocarbonyl (C=S) groups is 1. The third-order valence-electron chi connectivity index (χ3n) is 5.75. The van der Waals surface area contributed by atoms with E-state index in [-0.39, 0.29) is 0 Å². The first-order valence-electron chi connectivity index (χ1n) is 9.86. The van der Waals surface area contributed by atoms with E-state index in [4.69, 9.17) is 12.2 Å². The molecule has 4 heteroatoms. The standard InChI is InChI=1S/C22H27N3S/c26-22-24(20-13-7-3-8-14-20)17-23(19-11-5-1-2-6-12-19)18-25(22)21-15-9-4-10-16-21/h3-4,7-10,13-16,19H,1-2,5-6,11-12,17-18H2/p+1. The quantitative estimate of drug-likeness (QED) is 0.655. The number of hydrogen-bond donors (Lipinski definition) is 1. The number of para-hydroxylation sites is 2. The average molecular weight is 367 g/mol. The number of quaternary nitrogens is 1. The molecule has 1 aliphatic carbocycles. The maximum atomic E-state index is 5.93. The van der Waals surface area contributed by atoms with Gasteiger partial charge in [-0.25, -0.2) is 0 Å². The van der Waals surface area contributed by atoms with Gasteiger partial charge in [-0.1, -0.05) is 49.2 Å². The molecule has 2 fully saturated rings. The lowest BCUT2D eigenvalue weighted by molar-refractivity contribution is -0.925. The predicted octanol–water partition coefficient (Wildman–Crippen LogP) is 3.82. The van der Waals surface area contributed by atoms with Crippen molar-refractivity contribution >= 4 is 28.7 Å². The van der Waals surface area contributed by atoms with Crippen molar-refractivity contribution in [2.45, 2.75) is 44.6 Å². The van der Waals surface area contributed by atoms with Gasteiger partial charge in [0.25, 0.3) is 0 Å². The molecule has 0 atom stereocenters. The topological polar surface area (TPSA) is 10.9 Å². The number of nitrogens with zero attached hydrogens (tertiary/aromatic N) is 2. The Balaban J connectivity index is 1.64. The molecule has 2 aliphatic rings. The van der Waals surface area contributed by atoms with Crippen LogP contribution in [-0.2, 0) is 0 Å². The molecule has 0 bridgehead atoms. The number of anilines is 2. The largest absolute Gasteiger partial charge is 0.298 e. The lowest BCUT2D eigenvalue weighted by Gasteiger charge is -2.44. The molecule has 4 rings (SSSR count). The normalized spacial score (nSPS) is 20.2. The number of nitrogens with one attached hydrogen (secondary N) is 1. The number of rotatable bonds is 3.